The van der Waals surface area contributed by atoms with Crippen molar-refractivity contribution in [3.8, 4) is 5.75 Å². The van der Waals surface area contributed by atoms with Gasteiger partial charge in [0.25, 0.3) is 5.91 Å². The van der Waals surface area contributed by atoms with E-state index in [1.54, 1.807) is 39.0 Å². The fraction of sp³-hybridized carbons (Fsp3) is 0.321. The van der Waals surface area contributed by atoms with Gasteiger partial charge in [0.2, 0.25) is 0 Å². The number of anilines is 3. The molecule has 0 saturated carbocycles. The van der Waals surface area contributed by atoms with Crippen LogP contribution in [0.3, 0.4) is 0 Å². The number of aryl methyl sites for hydroxylation is 1. The Morgan fingerprint density at radius 3 is 2.36 bits per heavy atom. The van der Waals surface area contributed by atoms with Crippen molar-refractivity contribution in [1.29, 1.82) is 0 Å². The Morgan fingerprint density at radius 2 is 1.69 bits per heavy atom. The lowest BCUT2D eigenvalue weighted by atomic mass is 10.1. The highest BCUT2D eigenvalue weighted by atomic mass is 16.6. The number of hydrogen-bond donors (Lipinski definition) is 2. The van der Waals surface area contributed by atoms with E-state index in [9.17, 15) is 9.59 Å². The van der Waals surface area contributed by atoms with Gasteiger partial charge >= 0.3 is 6.09 Å². The number of nitrogens with zero attached hydrogens (tertiary/aromatic N) is 2. The van der Waals surface area contributed by atoms with Gasteiger partial charge in [-0.2, -0.15) is 0 Å². The fourth-order valence-corrected chi connectivity index (χ4v) is 3.41. The van der Waals surface area contributed by atoms with Gasteiger partial charge in [0.05, 0.1) is 12.2 Å². The van der Waals surface area contributed by atoms with Crippen LogP contribution in [0, 0.1) is 6.92 Å². The van der Waals surface area contributed by atoms with Gasteiger partial charge in [0, 0.05) is 37.6 Å². The number of aromatic nitrogens is 1. The van der Waals surface area contributed by atoms with Crippen LogP contribution in [-0.4, -0.2) is 43.3 Å². The maximum Gasteiger partial charge on any atom is 0.413 e. The third kappa shape index (κ3) is 8.01. The van der Waals surface area contributed by atoms with Crippen molar-refractivity contribution in [2.45, 2.75) is 39.7 Å². The van der Waals surface area contributed by atoms with Gasteiger partial charge in [0.15, 0.2) is 0 Å². The number of nitrogens with one attached hydrogen (secondary N) is 2. The molecule has 2 amide bonds. The van der Waals surface area contributed by atoms with Gasteiger partial charge in [0.1, 0.15) is 17.2 Å². The molecule has 8 heteroatoms. The first-order valence-corrected chi connectivity index (χ1v) is 11.8. The minimum Gasteiger partial charge on any atom is -0.493 e. The van der Waals surface area contributed by atoms with E-state index in [1.165, 1.54) is 0 Å². The molecule has 0 aliphatic carbocycles. The summed E-state index contributed by atoms with van der Waals surface area (Å²) in [5, 5.41) is 5.58. The van der Waals surface area contributed by atoms with Gasteiger partial charge in [-0.3, -0.25) is 10.1 Å². The summed E-state index contributed by atoms with van der Waals surface area (Å²) in [6.45, 7) is 7.82. The summed E-state index contributed by atoms with van der Waals surface area (Å²) >= 11 is 0. The van der Waals surface area contributed by atoms with Crippen LogP contribution >= 0.6 is 0 Å². The largest absolute Gasteiger partial charge is 0.493 e. The number of pyridine rings is 1. The molecule has 36 heavy (non-hydrogen) atoms. The molecular weight excluding hydrogens is 456 g/mol. The quantitative estimate of drug-likeness (QED) is 0.422. The molecule has 0 radical (unpaired) electrons. The Labute approximate surface area is 212 Å². The molecule has 0 bridgehead atoms. The molecule has 0 aliphatic heterocycles. The summed E-state index contributed by atoms with van der Waals surface area (Å²) in [4.78, 5) is 31.1. The molecule has 8 nitrogen and oxygen atoms in total. The molecule has 2 N–H and O–H groups in total. The molecule has 0 atom stereocenters. The molecule has 0 saturated heterocycles. The van der Waals surface area contributed by atoms with E-state index in [1.807, 2.05) is 68.4 Å². The molecule has 0 aliphatic rings. The molecule has 3 aromatic rings. The molecule has 2 aromatic carbocycles. The third-order valence-electron chi connectivity index (χ3n) is 5.05. The first-order chi connectivity index (χ1) is 17.0. The Morgan fingerprint density at radius 1 is 0.972 bits per heavy atom. The zero-order valence-electron chi connectivity index (χ0n) is 21.7. The number of amides is 2. The predicted molar refractivity (Wildman–Crippen MR) is 143 cm³/mol. The standard InChI is InChI=1S/C28H34N4O4/c1-19-10-15-23(24(18-19)32(5)6)26(33)30-21-11-13-22(14-12-21)35-17-16-20-8-7-9-25(29-20)31-27(34)36-28(2,3)4/h7-15,18H,16-17H2,1-6H3,(H,30,33)(H,29,31,34). The molecule has 0 unspecified atom stereocenters. The lowest BCUT2D eigenvalue weighted by molar-refractivity contribution is 0.0635. The minimum absolute atomic E-state index is 0.168. The van der Waals surface area contributed by atoms with E-state index in [-0.39, 0.29) is 5.91 Å². The normalized spacial score (nSPS) is 10.9. The maximum atomic E-state index is 12.8. The third-order valence-corrected chi connectivity index (χ3v) is 5.05. The zero-order chi connectivity index (χ0) is 26.3. The Balaban J connectivity index is 1.52. The average molecular weight is 491 g/mol. The summed E-state index contributed by atoms with van der Waals surface area (Å²) in [6.07, 6.45) is 0.0131. The Kier molecular flexibility index (Phi) is 8.53. The summed E-state index contributed by atoms with van der Waals surface area (Å²) in [5.74, 6) is 0.937. The smallest absolute Gasteiger partial charge is 0.413 e. The second-order valence-corrected chi connectivity index (χ2v) is 9.63. The zero-order valence-corrected chi connectivity index (χ0v) is 21.7. The van der Waals surface area contributed by atoms with Crippen molar-refractivity contribution in [2.75, 3.05) is 36.2 Å². The van der Waals surface area contributed by atoms with Gasteiger partial charge in [-0.1, -0.05) is 12.1 Å². The van der Waals surface area contributed by atoms with E-state index >= 15 is 0 Å². The number of carbonyl (C=O) groups excluding carboxylic acids is 2. The highest BCUT2D eigenvalue weighted by molar-refractivity contribution is 6.08. The van der Waals surface area contributed by atoms with E-state index < -0.39 is 11.7 Å². The van der Waals surface area contributed by atoms with Crippen LogP contribution in [0.15, 0.2) is 60.7 Å². The number of ether oxygens (including phenoxy) is 2. The van der Waals surface area contributed by atoms with Crippen molar-refractivity contribution in [3.05, 3.63) is 77.5 Å². The summed E-state index contributed by atoms with van der Waals surface area (Å²) < 4.78 is 11.1. The van der Waals surface area contributed by atoms with Crippen LogP contribution in [0.1, 0.15) is 42.4 Å². The first-order valence-electron chi connectivity index (χ1n) is 11.8. The number of benzene rings is 2. The molecule has 1 aromatic heterocycles. The SMILES string of the molecule is Cc1ccc(C(=O)Nc2ccc(OCCc3cccc(NC(=O)OC(C)(C)C)n3)cc2)c(N(C)C)c1. The number of rotatable bonds is 8. The van der Waals surface area contributed by atoms with Crippen LogP contribution in [0.4, 0.5) is 22.0 Å². The number of hydrogen-bond acceptors (Lipinski definition) is 6. The van der Waals surface area contributed by atoms with Crippen LogP contribution in [0.2, 0.25) is 0 Å². The first kappa shape index (κ1) is 26.5. The van der Waals surface area contributed by atoms with Crippen molar-refractivity contribution < 1.29 is 19.1 Å². The van der Waals surface area contributed by atoms with Crippen LogP contribution in [-0.2, 0) is 11.2 Å². The van der Waals surface area contributed by atoms with Crippen LogP contribution in [0.25, 0.3) is 0 Å². The van der Waals surface area contributed by atoms with Gasteiger partial charge < -0.3 is 19.7 Å². The number of carbonyl (C=O) groups is 2. The van der Waals surface area contributed by atoms with Gasteiger partial charge in [-0.25, -0.2) is 9.78 Å². The second-order valence-electron chi connectivity index (χ2n) is 9.63. The molecule has 190 valence electrons. The molecular formula is C28H34N4O4. The summed E-state index contributed by atoms with van der Waals surface area (Å²) in [5.41, 5.74) is 3.46. The van der Waals surface area contributed by atoms with Crippen molar-refractivity contribution >= 4 is 29.2 Å². The van der Waals surface area contributed by atoms with E-state index in [2.05, 4.69) is 15.6 Å². The van der Waals surface area contributed by atoms with Crippen molar-refractivity contribution in [3.63, 3.8) is 0 Å². The van der Waals surface area contributed by atoms with Crippen LogP contribution < -0.4 is 20.3 Å². The lowest BCUT2D eigenvalue weighted by Gasteiger charge is -2.19. The van der Waals surface area contributed by atoms with E-state index in [4.69, 9.17) is 9.47 Å². The summed E-state index contributed by atoms with van der Waals surface area (Å²) in [7, 11) is 3.84. The van der Waals surface area contributed by atoms with E-state index in [0.717, 1.165) is 16.9 Å². The van der Waals surface area contributed by atoms with Gasteiger partial charge in [-0.05, 0) is 81.8 Å². The predicted octanol–water partition coefficient (Wildman–Crippen LogP) is 5.68. The topological polar surface area (TPSA) is 92.8 Å². The molecule has 0 fully saturated rings. The van der Waals surface area contributed by atoms with Crippen molar-refractivity contribution in [2.24, 2.45) is 0 Å². The van der Waals surface area contributed by atoms with Gasteiger partial charge in [-0.15, -0.1) is 0 Å². The van der Waals surface area contributed by atoms with Crippen molar-refractivity contribution in [1.82, 2.24) is 4.98 Å². The Bertz CT molecular complexity index is 1200. The Hall–Kier alpha value is -4.07. The summed E-state index contributed by atoms with van der Waals surface area (Å²) in [6, 6.07) is 18.4. The monoisotopic (exact) mass is 490 g/mol. The van der Waals surface area contributed by atoms with Crippen LogP contribution in [0.5, 0.6) is 5.75 Å². The lowest BCUT2D eigenvalue weighted by Crippen LogP contribution is -2.27. The maximum absolute atomic E-state index is 12.8. The molecule has 0 spiro atoms. The average Bonchev–Trinajstić information content (AvgIpc) is 2.79. The highest BCUT2D eigenvalue weighted by Gasteiger charge is 2.17. The second kappa shape index (κ2) is 11.6. The molecule has 3 rings (SSSR count). The fourth-order valence-electron chi connectivity index (χ4n) is 3.41. The minimum atomic E-state index is -0.580. The molecule has 1 heterocycles. The highest BCUT2D eigenvalue weighted by Crippen LogP contribution is 2.23. The van der Waals surface area contributed by atoms with E-state index in [0.29, 0.717) is 35.8 Å².